The second-order valence-corrected chi connectivity index (χ2v) is 3.98. The first-order valence-electron chi connectivity index (χ1n) is 5.35. The van der Waals surface area contributed by atoms with Gasteiger partial charge in [0.2, 0.25) is 0 Å². The van der Waals surface area contributed by atoms with Gasteiger partial charge in [-0.2, -0.15) is 7.05 Å². The Morgan fingerprint density at radius 1 is 1.50 bits per heavy atom. The topological polar surface area (TPSA) is 63.7 Å². The first kappa shape index (κ1) is 10.9. The van der Waals surface area contributed by atoms with E-state index in [0.717, 1.165) is 26.2 Å². The van der Waals surface area contributed by atoms with E-state index in [0.29, 0.717) is 11.4 Å². The molecular weight excluding hydrogens is 204 g/mol. The van der Waals surface area contributed by atoms with Crippen LogP contribution in [0.1, 0.15) is 10.4 Å². The summed E-state index contributed by atoms with van der Waals surface area (Å²) in [7, 11) is 3.96. The molecule has 0 aromatic carbocycles. The zero-order valence-corrected chi connectivity index (χ0v) is 9.15. The van der Waals surface area contributed by atoms with Gasteiger partial charge < -0.3 is 15.5 Å². The molecule has 16 heavy (non-hydrogen) atoms. The number of amides is 1. The Balaban J connectivity index is 2.23. The number of hydrogen-bond acceptors (Lipinski definition) is 3. The van der Waals surface area contributed by atoms with E-state index in [1.807, 2.05) is 0 Å². The third-order valence-electron chi connectivity index (χ3n) is 2.82. The molecule has 1 aromatic heterocycles. The van der Waals surface area contributed by atoms with Gasteiger partial charge in [0.25, 0.3) is 5.91 Å². The van der Waals surface area contributed by atoms with E-state index >= 15 is 0 Å². The fourth-order valence-electron chi connectivity index (χ4n) is 1.88. The molecule has 5 nitrogen and oxygen atoms in total. The molecule has 0 saturated carbocycles. The highest BCUT2D eigenvalue weighted by atomic mass is 16.1. The number of carbonyl (C=O) groups is 1. The van der Waals surface area contributed by atoms with Crippen LogP contribution in [0.15, 0.2) is 18.3 Å². The molecule has 0 bridgehead atoms. The molecule has 86 valence electrons. The van der Waals surface area contributed by atoms with Gasteiger partial charge in [-0.1, -0.05) is 0 Å². The first-order chi connectivity index (χ1) is 7.68. The minimum Gasteiger partial charge on any atom is -0.465 e. The quantitative estimate of drug-likeness (QED) is 0.607. The second-order valence-electron chi connectivity index (χ2n) is 3.98. The lowest BCUT2D eigenvalue weighted by Crippen LogP contribution is -3.10. The number of primary amides is 1. The van der Waals surface area contributed by atoms with Crippen LogP contribution >= 0.6 is 0 Å². The van der Waals surface area contributed by atoms with Crippen LogP contribution in [0, 0.1) is 7.05 Å². The molecule has 5 heteroatoms. The molecule has 2 heterocycles. The molecule has 1 fully saturated rings. The Kier molecular flexibility index (Phi) is 3.05. The molecule has 3 N–H and O–H groups in total. The number of nitrogens with two attached hydrogens (primary N) is 1. The lowest BCUT2D eigenvalue weighted by Gasteiger charge is -2.35. The van der Waals surface area contributed by atoms with E-state index in [1.54, 1.807) is 18.3 Å². The van der Waals surface area contributed by atoms with Crippen LogP contribution in [0.25, 0.3) is 0 Å². The van der Waals surface area contributed by atoms with Gasteiger partial charge in [0.05, 0.1) is 31.7 Å². The van der Waals surface area contributed by atoms with E-state index in [2.05, 4.69) is 16.9 Å². The average molecular weight is 220 g/mol. The van der Waals surface area contributed by atoms with Crippen molar-refractivity contribution < 1.29 is 9.69 Å². The number of rotatable bonds is 2. The number of pyridine rings is 1. The van der Waals surface area contributed by atoms with Crippen molar-refractivity contribution in [1.29, 1.82) is 0 Å². The number of carbonyl (C=O) groups excluding carboxylic acids is 1. The van der Waals surface area contributed by atoms with Gasteiger partial charge in [0.15, 0.2) is 0 Å². The summed E-state index contributed by atoms with van der Waals surface area (Å²) in [5, 5.41) is 0. The Labute approximate surface area is 94.9 Å². The van der Waals surface area contributed by atoms with Gasteiger partial charge in [0.1, 0.15) is 5.82 Å². The number of aromatic nitrogens is 1. The highest BCUT2D eigenvalue weighted by Gasteiger charge is 2.19. The maximum absolute atomic E-state index is 11.3. The Bertz CT molecular complexity index is 385. The summed E-state index contributed by atoms with van der Waals surface area (Å²) >= 11 is 0. The van der Waals surface area contributed by atoms with E-state index in [1.165, 1.54) is 4.90 Å². The lowest BCUT2D eigenvalue weighted by molar-refractivity contribution is -0.854. The number of quaternary nitrogens is 1. The molecule has 1 aromatic rings. The third kappa shape index (κ3) is 2.14. The molecule has 0 radical (unpaired) electrons. The average Bonchev–Trinajstić information content (AvgIpc) is 2.30. The van der Waals surface area contributed by atoms with Gasteiger partial charge in [-0.05, 0) is 12.1 Å². The minimum atomic E-state index is -0.424. The predicted molar refractivity (Wildman–Crippen MR) is 61.0 cm³/mol. The summed E-state index contributed by atoms with van der Waals surface area (Å²) < 4.78 is 0. The van der Waals surface area contributed by atoms with Crippen molar-refractivity contribution in [2.75, 3.05) is 31.1 Å². The van der Waals surface area contributed by atoms with Gasteiger partial charge in [-0.25, -0.2) is 4.98 Å². The normalized spacial score (nSPS) is 17.4. The van der Waals surface area contributed by atoms with Crippen LogP contribution in [-0.2, 0) is 0 Å². The molecule has 1 saturated heterocycles. The van der Waals surface area contributed by atoms with Crippen LogP contribution in [0.4, 0.5) is 5.82 Å². The summed E-state index contributed by atoms with van der Waals surface area (Å²) in [5.74, 6) is 0.273. The summed E-state index contributed by atoms with van der Waals surface area (Å²) in [5.41, 5.74) is 5.82. The van der Waals surface area contributed by atoms with Gasteiger partial charge in [-0.3, -0.25) is 4.79 Å². The molecule has 0 aliphatic carbocycles. The van der Waals surface area contributed by atoms with Gasteiger partial charge in [-0.15, -0.1) is 0 Å². The number of nitrogens with zero attached hydrogens (tertiary/aromatic N) is 2. The second kappa shape index (κ2) is 4.49. The zero-order valence-electron chi connectivity index (χ0n) is 9.15. The Hall–Kier alpha value is -1.62. The minimum absolute atomic E-state index is 0.424. The van der Waals surface area contributed by atoms with Gasteiger partial charge >= 0.3 is 0 Å². The van der Waals surface area contributed by atoms with Crippen LogP contribution in [0.2, 0.25) is 0 Å². The van der Waals surface area contributed by atoms with Crippen LogP contribution in [0.3, 0.4) is 0 Å². The summed E-state index contributed by atoms with van der Waals surface area (Å²) in [4.78, 5) is 18.9. The van der Waals surface area contributed by atoms with Crippen LogP contribution in [0.5, 0.6) is 0 Å². The Morgan fingerprint density at radius 2 is 2.19 bits per heavy atom. The van der Waals surface area contributed by atoms with Gasteiger partial charge in [0, 0.05) is 6.20 Å². The van der Waals surface area contributed by atoms with Crippen molar-refractivity contribution in [3.8, 4) is 0 Å². The van der Waals surface area contributed by atoms with Crippen molar-refractivity contribution in [3.05, 3.63) is 30.9 Å². The van der Waals surface area contributed by atoms with Crippen molar-refractivity contribution in [2.45, 2.75) is 0 Å². The standard InChI is InChI=1S/C11H16N4O/c1-14-5-7-15(8-6-14)11-9(10(12)16)3-2-4-13-11/h2-4,14H,1,5-8H2,(H2,12,16). The Morgan fingerprint density at radius 3 is 2.81 bits per heavy atom. The van der Waals surface area contributed by atoms with Crippen LogP contribution < -0.4 is 15.5 Å². The monoisotopic (exact) mass is 220 g/mol. The molecular formula is C11H16N4O. The number of piperazine rings is 1. The summed E-state index contributed by atoms with van der Waals surface area (Å²) in [6.07, 6.45) is 1.69. The molecule has 0 unspecified atom stereocenters. The smallest absolute Gasteiger partial charge is 0.252 e. The van der Waals surface area contributed by atoms with E-state index < -0.39 is 5.91 Å². The van der Waals surface area contributed by atoms with Crippen molar-refractivity contribution in [1.82, 2.24) is 4.98 Å². The fourth-order valence-corrected chi connectivity index (χ4v) is 1.88. The van der Waals surface area contributed by atoms with E-state index in [-0.39, 0.29) is 0 Å². The van der Waals surface area contributed by atoms with Crippen molar-refractivity contribution in [3.63, 3.8) is 0 Å². The SMILES string of the molecule is [CH2-][NH+]1CCN(c2ncccc2C(N)=O)CC1. The number of nitrogens with one attached hydrogen (secondary N) is 1. The molecule has 0 atom stereocenters. The third-order valence-corrected chi connectivity index (χ3v) is 2.82. The summed E-state index contributed by atoms with van der Waals surface area (Å²) in [6, 6.07) is 3.45. The highest BCUT2D eigenvalue weighted by molar-refractivity contribution is 5.97. The zero-order chi connectivity index (χ0) is 11.5. The molecule has 1 amide bonds. The van der Waals surface area contributed by atoms with E-state index in [9.17, 15) is 4.79 Å². The molecule has 0 spiro atoms. The predicted octanol–water partition coefficient (Wildman–Crippen LogP) is -1.32. The lowest BCUT2D eigenvalue weighted by atomic mass is 10.2. The number of hydrogen-bond donors (Lipinski definition) is 2. The van der Waals surface area contributed by atoms with E-state index in [4.69, 9.17) is 5.73 Å². The van der Waals surface area contributed by atoms with Crippen molar-refractivity contribution >= 4 is 11.7 Å². The van der Waals surface area contributed by atoms with Crippen molar-refractivity contribution in [2.24, 2.45) is 5.73 Å². The maximum atomic E-state index is 11.3. The largest absolute Gasteiger partial charge is 0.465 e. The highest BCUT2D eigenvalue weighted by Crippen LogP contribution is 2.16. The maximum Gasteiger partial charge on any atom is 0.252 e. The van der Waals surface area contributed by atoms with Crippen LogP contribution in [-0.4, -0.2) is 37.1 Å². The fraction of sp³-hybridized carbons (Fsp3) is 0.364. The molecule has 2 rings (SSSR count). The summed E-state index contributed by atoms with van der Waals surface area (Å²) in [6.45, 7) is 3.62. The molecule has 1 aliphatic rings. The molecule has 1 aliphatic heterocycles. The number of anilines is 1. The first-order valence-corrected chi connectivity index (χ1v) is 5.35.